The van der Waals surface area contributed by atoms with Gasteiger partial charge in [-0.25, -0.2) is 18.7 Å². The number of amides is 1. The zero-order chi connectivity index (χ0) is 14.7. The number of halogens is 2. The number of benzene rings is 1. The van der Waals surface area contributed by atoms with Crippen molar-refractivity contribution < 1.29 is 13.6 Å². The Kier molecular flexibility index (Phi) is 3.88. The Hall–Kier alpha value is -2.57. The smallest absolute Gasteiger partial charge is 0.257 e. The lowest BCUT2D eigenvalue weighted by Crippen LogP contribution is -2.26. The molecule has 0 radical (unpaired) electrons. The molecule has 0 aliphatic heterocycles. The van der Waals surface area contributed by atoms with Crippen LogP contribution in [0.1, 0.15) is 21.9 Å². The molecular formula is C13H12F2N4O. The van der Waals surface area contributed by atoms with Gasteiger partial charge in [-0.2, -0.15) is 0 Å². The van der Waals surface area contributed by atoms with Crippen LogP contribution in [-0.2, 0) is 6.54 Å². The molecule has 104 valence electrons. The summed E-state index contributed by atoms with van der Waals surface area (Å²) in [5.74, 6) is -2.38. The lowest BCUT2D eigenvalue weighted by Gasteiger charge is -2.08. The monoisotopic (exact) mass is 278 g/mol. The Balaban J connectivity index is 2.15. The van der Waals surface area contributed by atoms with Gasteiger partial charge < -0.3 is 11.1 Å². The fourth-order valence-electron chi connectivity index (χ4n) is 1.64. The van der Waals surface area contributed by atoms with Gasteiger partial charge in [0.15, 0.2) is 5.82 Å². The Morgan fingerprint density at radius 1 is 1.35 bits per heavy atom. The first-order valence-corrected chi connectivity index (χ1v) is 5.79. The van der Waals surface area contributed by atoms with Crippen molar-refractivity contribution in [1.29, 1.82) is 0 Å². The number of rotatable bonds is 3. The number of anilines is 1. The van der Waals surface area contributed by atoms with E-state index in [4.69, 9.17) is 5.73 Å². The highest BCUT2D eigenvalue weighted by Gasteiger charge is 2.19. The first-order chi connectivity index (χ1) is 9.49. The molecule has 2 aromatic rings. The van der Waals surface area contributed by atoms with Gasteiger partial charge in [0, 0.05) is 6.20 Å². The molecule has 0 saturated carbocycles. The number of hydrogen-bond donors (Lipinski definition) is 2. The van der Waals surface area contributed by atoms with Crippen LogP contribution in [0.3, 0.4) is 0 Å². The second kappa shape index (κ2) is 5.60. The third-order valence-electron chi connectivity index (χ3n) is 2.61. The van der Waals surface area contributed by atoms with Gasteiger partial charge in [0.25, 0.3) is 5.91 Å². The van der Waals surface area contributed by atoms with Gasteiger partial charge in [-0.05, 0) is 25.1 Å². The van der Waals surface area contributed by atoms with Crippen LogP contribution in [0.5, 0.6) is 0 Å². The van der Waals surface area contributed by atoms with Crippen molar-refractivity contribution in [2.45, 2.75) is 13.5 Å². The summed E-state index contributed by atoms with van der Waals surface area (Å²) >= 11 is 0. The molecule has 0 aliphatic rings. The maximum absolute atomic E-state index is 13.7. The largest absolute Gasteiger partial charge is 0.396 e. The van der Waals surface area contributed by atoms with E-state index in [1.54, 1.807) is 13.0 Å². The Morgan fingerprint density at radius 3 is 2.80 bits per heavy atom. The van der Waals surface area contributed by atoms with E-state index in [-0.39, 0.29) is 12.2 Å². The van der Waals surface area contributed by atoms with Gasteiger partial charge in [-0.3, -0.25) is 4.79 Å². The van der Waals surface area contributed by atoms with Crippen LogP contribution in [0.15, 0.2) is 24.4 Å². The molecule has 0 saturated heterocycles. The zero-order valence-electron chi connectivity index (χ0n) is 10.7. The number of aromatic nitrogens is 2. The van der Waals surface area contributed by atoms with Gasteiger partial charge >= 0.3 is 0 Å². The first kappa shape index (κ1) is 13.9. The number of nitrogens with two attached hydrogens (primary N) is 1. The van der Waals surface area contributed by atoms with E-state index in [1.807, 2.05) is 0 Å². The summed E-state index contributed by atoms with van der Waals surface area (Å²) in [6, 6.07) is 3.61. The number of nitrogens with zero attached hydrogens (tertiary/aromatic N) is 2. The third kappa shape index (κ3) is 2.87. The number of carbonyl (C=O) groups is 1. The molecule has 20 heavy (non-hydrogen) atoms. The van der Waals surface area contributed by atoms with Crippen molar-refractivity contribution in [3.05, 3.63) is 53.1 Å². The number of hydrogen-bond acceptors (Lipinski definition) is 4. The molecule has 0 aliphatic carbocycles. The normalized spacial score (nSPS) is 10.3. The van der Waals surface area contributed by atoms with E-state index in [2.05, 4.69) is 15.3 Å². The van der Waals surface area contributed by atoms with Crippen molar-refractivity contribution in [2.24, 2.45) is 0 Å². The van der Waals surface area contributed by atoms with Crippen LogP contribution in [0.25, 0.3) is 0 Å². The fraction of sp³-hybridized carbons (Fsp3) is 0.154. The molecule has 0 spiro atoms. The minimum absolute atomic E-state index is 0.0376. The maximum atomic E-state index is 13.7. The second-order valence-corrected chi connectivity index (χ2v) is 4.10. The van der Waals surface area contributed by atoms with Gasteiger partial charge in [0.05, 0.1) is 17.9 Å². The van der Waals surface area contributed by atoms with Gasteiger partial charge in [-0.15, -0.1) is 0 Å². The summed E-state index contributed by atoms with van der Waals surface area (Å²) in [6.45, 7) is 1.73. The molecule has 1 aromatic heterocycles. The topological polar surface area (TPSA) is 80.9 Å². The van der Waals surface area contributed by atoms with Gasteiger partial charge in [0.1, 0.15) is 17.2 Å². The maximum Gasteiger partial charge on any atom is 0.257 e. The highest BCUT2D eigenvalue weighted by molar-refractivity contribution is 5.95. The predicted molar refractivity (Wildman–Crippen MR) is 68.7 cm³/mol. The first-order valence-electron chi connectivity index (χ1n) is 5.79. The fourth-order valence-corrected chi connectivity index (χ4v) is 1.64. The van der Waals surface area contributed by atoms with Crippen LogP contribution in [0.2, 0.25) is 0 Å². The van der Waals surface area contributed by atoms with Crippen molar-refractivity contribution >= 4 is 11.6 Å². The molecule has 2 rings (SSSR count). The van der Waals surface area contributed by atoms with E-state index < -0.39 is 23.1 Å². The quantitative estimate of drug-likeness (QED) is 0.835. The predicted octanol–water partition coefficient (Wildman–Crippen LogP) is 1.58. The van der Waals surface area contributed by atoms with Crippen molar-refractivity contribution in [3.8, 4) is 0 Å². The van der Waals surface area contributed by atoms with Crippen LogP contribution in [0.4, 0.5) is 14.5 Å². The van der Waals surface area contributed by atoms with Crippen LogP contribution >= 0.6 is 0 Å². The second-order valence-electron chi connectivity index (χ2n) is 4.10. The molecule has 7 heteroatoms. The van der Waals surface area contributed by atoms with Gasteiger partial charge in [0.2, 0.25) is 0 Å². The van der Waals surface area contributed by atoms with E-state index >= 15 is 0 Å². The summed E-state index contributed by atoms with van der Waals surface area (Å²) in [6.07, 6.45) is 1.53. The molecule has 0 atom stereocenters. The Labute approximate surface area is 113 Å². The average Bonchev–Trinajstić information content (AvgIpc) is 2.41. The lowest BCUT2D eigenvalue weighted by atomic mass is 10.1. The Morgan fingerprint density at radius 2 is 2.10 bits per heavy atom. The summed E-state index contributed by atoms with van der Waals surface area (Å²) < 4.78 is 27.1. The van der Waals surface area contributed by atoms with E-state index in [0.29, 0.717) is 11.5 Å². The molecule has 0 bridgehead atoms. The molecule has 1 amide bonds. The lowest BCUT2D eigenvalue weighted by molar-refractivity contribution is 0.0942. The zero-order valence-corrected chi connectivity index (χ0v) is 10.7. The summed E-state index contributed by atoms with van der Waals surface area (Å²) in [4.78, 5) is 19.8. The standard InChI is InChI=1S/C13H12F2N4O/c1-7-17-5-4-8(19-7)6-18-13(20)11-9(14)2-3-10(16)12(11)15/h2-5H,6,16H2,1H3,(H,18,20). The molecule has 3 N–H and O–H groups in total. The minimum Gasteiger partial charge on any atom is -0.396 e. The van der Waals surface area contributed by atoms with Crippen LogP contribution in [-0.4, -0.2) is 15.9 Å². The summed E-state index contributed by atoms with van der Waals surface area (Å²) in [7, 11) is 0. The summed E-state index contributed by atoms with van der Waals surface area (Å²) in [5, 5.41) is 2.39. The number of carbonyl (C=O) groups excluding carboxylic acids is 1. The molecule has 0 unspecified atom stereocenters. The Bertz CT molecular complexity index is 661. The van der Waals surface area contributed by atoms with Crippen molar-refractivity contribution in [3.63, 3.8) is 0 Å². The minimum atomic E-state index is -1.07. The average molecular weight is 278 g/mol. The number of nitrogens with one attached hydrogen (secondary N) is 1. The molecule has 5 nitrogen and oxygen atoms in total. The summed E-state index contributed by atoms with van der Waals surface area (Å²) in [5.41, 5.74) is 4.87. The highest BCUT2D eigenvalue weighted by Crippen LogP contribution is 2.18. The van der Waals surface area contributed by atoms with E-state index in [1.165, 1.54) is 6.20 Å². The molecular weight excluding hydrogens is 266 g/mol. The molecule has 0 fully saturated rings. The van der Waals surface area contributed by atoms with Gasteiger partial charge in [-0.1, -0.05) is 0 Å². The SMILES string of the molecule is Cc1nccc(CNC(=O)c2c(F)ccc(N)c2F)n1. The molecule has 1 heterocycles. The number of aryl methyl sites for hydroxylation is 1. The van der Waals surface area contributed by atoms with Crippen LogP contribution in [0, 0.1) is 18.6 Å². The van der Waals surface area contributed by atoms with E-state index in [9.17, 15) is 13.6 Å². The molecule has 1 aromatic carbocycles. The van der Waals surface area contributed by atoms with E-state index in [0.717, 1.165) is 12.1 Å². The highest BCUT2D eigenvalue weighted by atomic mass is 19.1. The number of nitrogen functional groups attached to an aromatic ring is 1. The van der Waals surface area contributed by atoms with Crippen LogP contribution < -0.4 is 11.1 Å². The third-order valence-corrected chi connectivity index (χ3v) is 2.61. The van der Waals surface area contributed by atoms with Crippen molar-refractivity contribution in [1.82, 2.24) is 15.3 Å². The van der Waals surface area contributed by atoms with Crippen molar-refractivity contribution in [2.75, 3.05) is 5.73 Å².